The zero-order valence-electron chi connectivity index (χ0n) is 15.2. The van der Waals surface area contributed by atoms with Gasteiger partial charge in [0.2, 0.25) is 0 Å². The first kappa shape index (κ1) is 18.7. The van der Waals surface area contributed by atoms with Crippen molar-refractivity contribution < 1.29 is 8.91 Å². The van der Waals surface area contributed by atoms with Gasteiger partial charge in [-0.2, -0.15) is 0 Å². The van der Waals surface area contributed by atoms with E-state index in [0.29, 0.717) is 12.4 Å². The summed E-state index contributed by atoms with van der Waals surface area (Å²) >= 11 is 6.09. The van der Waals surface area contributed by atoms with Crippen molar-refractivity contribution >= 4 is 17.3 Å². The Morgan fingerprint density at radius 1 is 1.00 bits per heavy atom. The zero-order chi connectivity index (χ0) is 19.5. The van der Waals surface area contributed by atoms with Gasteiger partial charge in [0.1, 0.15) is 5.82 Å². The summed E-state index contributed by atoms with van der Waals surface area (Å²) in [7, 11) is 0. The van der Waals surface area contributed by atoms with E-state index in [-0.39, 0.29) is 17.1 Å². The molecule has 0 atom stereocenters. The van der Waals surface area contributed by atoms with Crippen molar-refractivity contribution in [3.63, 3.8) is 0 Å². The Labute approximate surface area is 166 Å². The molecule has 3 aromatic rings. The fourth-order valence-electron chi connectivity index (χ4n) is 3.41. The van der Waals surface area contributed by atoms with Crippen LogP contribution in [0, 0.1) is 5.82 Å². The molecule has 8 heteroatoms. The molecule has 146 valence electrons. The summed E-state index contributed by atoms with van der Waals surface area (Å²) in [5.41, 5.74) is 1.46. The van der Waals surface area contributed by atoms with Crippen molar-refractivity contribution in [1.29, 1.82) is 0 Å². The van der Waals surface area contributed by atoms with Gasteiger partial charge in [0.25, 0.3) is 0 Å². The van der Waals surface area contributed by atoms with Gasteiger partial charge < -0.3 is 4.90 Å². The highest BCUT2D eigenvalue weighted by molar-refractivity contribution is 6.31. The summed E-state index contributed by atoms with van der Waals surface area (Å²) in [4.78, 5) is 16.6. The highest BCUT2D eigenvalue weighted by Gasteiger charge is 2.21. The van der Waals surface area contributed by atoms with Crippen molar-refractivity contribution in [3.8, 4) is 0 Å². The van der Waals surface area contributed by atoms with Gasteiger partial charge in [0.15, 0.2) is 5.82 Å². The molecule has 1 aromatic heterocycles. The van der Waals surface area contributed by atoms with Crippen molar-refractivity contribution in [2.24, 2.45) is 0 Å². The number of para-hydroxylation sites is 1. The maximum absolute atomic E-state index is 14.1. The molecule has 6 nitrogen and oxygen atoms in total. The van der Waals surface area contributed by atoms with Crippen LogP contribution in [0.2, 0.25) is 5.02 Å². The second kappa shape index (κ2) is 8.16. The molecule has 0 aliphatic carbocycles. The van der Waals surface area contributed by atoms with E-state index in [1.54, 1.807) is 6.07 Å². The first-order chi connectivity index (χ1) is 13.6. The quantitative estimate of drug-likeness (QED) is 0.656. The third-order valence-corrected chi connectivity index (χ3v) is 5.35. The predicted octanol–water partition coefficient (Wildman–Crippen LogP) is 3.00. The van der Waals surface area contributed by atoms with Crippen LogP contribution >= 0.6 is 11.6 Å². The summed E-state index contributed by atoms with van der Waals surface area (Å²) in [6, 6.07) is 14.7. The number of hydrogen-bond donors (Lipinski definition) is 0. The lowest BCUT2D eigenvalue weighted by atomic mass is 10.2. The highest BCUT2D eigenvalue weighted by Crippen LogP contribution is 2.21. The molecule has 1 aliphatic rings. The minimum absolute atomic E-state index is 0.00679. The highest BCUT2D eigenvalue weighted by atomic mass is 35.5. The molecule has 1 aliphatic heterocycles. The Morgan fingerprint density at radius 3 is 2.46 bits per heavy atom. The van der Waals surface area contributed by atoms with Crippen LogP contribution in [0.25, 0.3) is 0 Å². The molecule has 2 aromatic carbocycles. The maximum Gasteiger partial charge on any atom is 0.441 e. The summed E-state index contributed by atoms with van der Waals surface area (Å²) in [5.74, 6) is -0.599. The van der Waals surface area contributed by atoms with E-state index in [4.69, 9.17) is 16.1 Å². The number of nitrogens with zero attached hydrogens (tertiary/aromatic N) is 4. The molecule has 0 N–H and O–H groups in total. The fourth-order valence-corrected chi connectivity index (χ4v) is 3.63. The molecule has 0 spiro atoms. The van der Waals surface area contributed by atoms with Gasteiger partial charge in [0.05, 0.1) is 13.1 Å². The van der Waals surface area contributed by atoms with Crippen LogP contribution in [0.5, 0.6) is 0 Å². The summed E-state index contributed by atoms with van der Waals surface area (Å²) in [6.45, 7) is 3.87. The average Bonchev–Trinajstić information content (AvgIpc) is 3.05. The van der Waals surface area contributed by atoms with Gasteiger partial charge in [-0.3, -0.25) is 14.0 Å². The van der Waals surface area contributed by atoms with Crippen molar-refractivity contribution in [1.82, 2.24) is 14.6 Å². The third-order valence-electron chi connectivity index (χ3n) is 5.00. The topological polar surface area (TPSA) is 54.5 Å². The zero-order valence-corrected chi connectivity index (χ0v) is 16.0. The fraction of sp³-hybridized carbons (Fsp3) is 0.300. The van der Waals surface area contributed by atoms with Crippen LogP contribution in [0.3, 0.4) is 0 Å². The van der Waals surface area contributed by atoms with Gasteiger partial charge in [0, 0.05) is 42.5 Å². The lowest BCUT2D eigenvalue weighted by Gasteiger charge is -2.35. The standard InChI is InChI=1S/C20H20ClFN4O2/c21-17-7-4-8-18(22)16(17)13-26-19(23-28-20(26)27)14-24-9-11-25(12-10-24)15-5-2-1-3-6-15/h1-8H,9-14H2. The Balaban J connectivity index is 1.45. The van der Waals surface area contributed by atoms with Gasteiger partial charge in [-0.1, -0.05) is 41.0 Å². The van der Waals surface area contributed by atoms with E-state index in [0.717, 1.165) is 26.2 Å². The van der Waals surface area contributed by atoms with E-state index in [2.05, 4.69) is 27.1 Å². The first-order valence-corrected chi connectivity index (χ1v) is 9.50. The molecule has 0 bridgehead atoms. The molecule has 0 unspecified atom stereocenters. The molecule has 1 fully saturated rings. The Kier molecular flexibility index (Phi) is 5.45. The van der Waals surface area contributed by atoms with Crippen LogP contribution in [0.4, 0.5) is 10.1 Å². The lowest BCUT2D eigenvalue weighted by molar-refractivity contribution is 0.237. The summed E-state index contributed by atoms with van der Waals surface area (Å²) in [6.07, 6.45) is 0. The van der Waals surface area contributed by atoms with E-state index < -0.39 is 11.6 Å². The van der Waals surface area contributed by atoms with Gasteiger partial charge in [-0.15, -0.1) is 0 Å². The normalized spacial score (nSPS) is 15.1. The van der Waals surface area contributed by atoms with E-state index in [1.165, 1.54) is 22.4 Å². The van der Waals surface area contributed by atoms with Crippen molar-refractivity contribution in [2.45, 2.75) is 13.1 Å². The predicted molar refractivity (Wildman–Crippen MR) is 105 cm³/mol. The van der Waals surface area contributed by atoms with Crippen LogP contribution < -0.4 is 10.7 Å². The lowest BCUT2D eigenvalue weighted by Crippen LogP contribution is -2.46. The minimum Gasteiger partial charge on any atom is -0.369 e. The number of halogens is 2. The number of benzene rings is 2. The Hall–Kier alpha value is -2.64. The summed E-state index contributed by atoms with van der Waals surface area (Å²) in [5, 5.41) is 4.17. The van der Waals surface area contributed by atoms with E-state index in [1.807, 2.05) is 18.2 Å². The second-order valence-corrected chi connectivity index (χ2v) is 7.16. The second-order valence-electron chi connectivity index (χ2n) is 6.75. The monoisotopic (exact) mass is 402 g/mol. The number of piperazine rings is 1. The van der Waals surface area contributed by atoms with E-state index >= 15 is 0 Å². The molecular weight excluding hydrogens is 383 g/mol. The van der Waals surface area contributed by atoms with Crippen molar-refractivity contribution in [3.05, 3.63) is 81.3 Å². The largest absolute Gasteiger partial charge is 0.441 e. The smallest absolute Gasteiger partial charge is 0.369 e. The van der Waals surface area contributed by atoms with Crippen LogP contribution in [0.15, 0.2) is 57.8 Å². The third kappa shape index (κ3) is 3.95. The minimum atomic E-state index is -0.614. The molecule has 0 amide bonds. The van der Waals surface area contributed by atoms with Gasteiger partial charge in [-0.05, 0) is 24.3 Å². The Bertz CT molecular complexity index is 977. The maximum atomic E-state index is 14.1. The van der Waals surface area contributed by atoms with Crippen LogP contribution in [-0.4, -0.2) is 40.8 Å². The molecule has 0 radical (unpaired) electrons. The summed E-state index contributed by atoms with van der Waals surface area (Å²) < 4.78 is 20.3. The molecule has 4 rings (SSSR count). The number of hydrogen-bond acceptors (Lipinski definition) is 5. The molecule has 2 heterocycles. The molecule has 0 saturated carbocycles. The number of rotatable bonds is 5. The molecule has 1 saturated heterocycles. The number of aromatic nitrogens is 2. The van der Waals surface area contributed by atoms with Crippen LogP contribution in [0.1, 0.15) is 11.4 Å². The van der Waals surface area contributed by atoms with Crippen molar-refractivity contribution in [2.75, 3.05) is 31.1 Å². The van der Waals surface area contributed by atoms with Gasteiger partial charge >= 0.3 is 5.76 Å². The number of anilines is 1. The first-order valence-electron chi connectivity index (χ1n) is 9.12. The van der Waals surface area contributed by atoms with Gasteiger partial charge in [-0.25, -0.2) is 9.18 Å². The average molecular weight is 403 g/mol. The SMILES string of the molecule is O=c1onc(CN2CCN(c3ccccc3)CC2)n1Cc1c(F)cccc1Cl. The molecular formula is C20H20ClFN4O2. The van der Waals surface area contributed by atoms with Crippen LogP contribution in [-0.2, 0) is 13.1 Å². The van der Waals surface area contributed by atoms with E-state index in [9.17, 15) is 9.18 Å². The molecule has 28 heavy (non-hydrogen) atoms. The Morgan fingerprint density at radius 2 is 1.75 bits per heavy atom.